The highest BCUT2D eigenvalue weighted by atomic mass is 32.2. The van der Waals surface area contributed by atoms with Crippen LogP contribution in [0.2, 0.25) is 0 Å². The Hall–Kier alpha value is -3.04. The first-order chi connectivity index (χ1) is 16.9. The van der Waals surface area contributed by atoms with E-state index in [2.05, 4.69) is 18.8 Å². The molecular weight excluding hydrogens is 485 g/mol. The molecule has 0 radical (unpaired) electrons. The third kappa shape index (κ3) is 5.62. The first kappa shape index (κ1) is 25.1. The summed E-state index contributed by atoms with van der Waals surface area (Å²) in [5.41, 5.74) is 0.130. The summed E-state index contributed by atoms with van der Waals surface area (Å²) in [6.07, 6.45) is 7.31. The fraction of sp³-hybridized carbons (Fsp3) is 0.308. The third-order valence-electron chi connectivity index (χ3n) is 5.90. The number of halogens is 1. The molecule has 1 saturated heterocycles. The SMILES string of the molecule is CCCCC(CC)CN1C(=O)/C(=C\c2c(Oc3ccc(F)cc3)nc3ccccn3c2=O)SC1=S. The zero-order valence-corrected chi connectivity index (χ0v) is 21.2. The number of carbonyl (C=O) groups excluding carboxylic acids is 1. The number of hydrogen-bond acceptors (Lipinski definition) is 6. The molecule has 3 aromatic rings. The van der Waals surface area contributed by atoms with Gasteiger partial charge < -0.3 is 4.74 Å². The van der Waals surface area contributed by atoms with E-state index in [4.69, 9.17) is 17.0 Å². The lowest BCUT2D eigenvalue weighted by Gasteiger charge is -2.21. The Balaban J connectivity index is 1.71. The van der Waals surface area contributed by atoms with Crippen molar-refractivity contribution in [2.75, 3.05) is 6.54 Å². The number of fused-ring (bicyclic) bond motifs is 1. The van der Waals surface area contributed by atoms with Gasteiger partial charge in [-0.25, -0.2) is 4.39 Å². The largest absolute Gasteiger partial charge is 0.438 e. The van der Waals surface area contributed by atoms with Gasteiger partial charge in [0.1, 0.15) is 27.1 Å². The van der Waals surface area contributed by atoms with E-state index in [9.17, 15) is 14.0 Å². The molecule has 1 atom stereocenters. The summed E-state index contributed by atoms with van der Waals surface area (Å²) in [5.74, 6) is 0.0921. The van der Waals surface area contributed by atoms with Crippen LogP contribution in [0.1, 0.15) is 45.1 Å². The van der Waals surface area contributed by atoms with Gasteiger partial charge in [-0.3, -0.25) is 18.9 Å². The summed E-state index contributed by atoms with van der Waals surface area (Å²) in [6.45, 7) is 4.83. The molecule has 9 heteroatoms. The molecule has 182 valence electrons. The minimum absolute atomic E-state index is 0.0347. The van der Waals surface area contributed by atoms with Crippen molar-refractivity contribution in [3.05, 3.63) is 75.3 Å². The third-order valence-corrected chi connectivity index (χ3v) is 7.27. The smallest absolute Gasteiger partial charge is 0.269 e. The van der Waals surface area contributed by atoms with Crippen molar-refractivity contribution in [1.29, 1.82) is 0 Å². The number of benzene rings is 1. The molecule has 4 rings (SSSR count). The van der Waals surface area contributed by atoms with Crippen LogP contribution in [-0.2, 0) is 4.79 Å². The van der Waals surface area contributed by atoms with Crippen molar-refractivity contribution in [2.45, 2.75) is 39.5 Å². The van der Waals surface area contributed by atoms with E-state index in [1.54, 1.807) is 29.3 Å². The predicted molar refractivity (Wildman–Crippen MR) is 141 cm³/mol. The lowest BCUT2D eigenvalue weighted by atomic mass is 9.99. The quantitative estimate of drug-likeness (QED) is 0.258. The second-order valence-electron chi connectivity index (χ2n) is 8.33. The summed E-state index contributed by atoms with van der Waals surface area (Å²) in [5, 5.41) is 0. The maximum absolute atomic E-state index is 13.4. The molecule has 0 saturated carbocycles. The molecule has 1 amide bonds. The lowest BCUT2D eigenvalue weighted by molar-refractivity contribution is -0.122. The van der Waals surface area contributed by atoms with Gasteiger partial charge in [0.15, 0.2) is 0 Å². The van der Waals surface area contributed by atoms with Crippen molar-refractivity contribution in [3.63, 3.8) is 0 Å². The molecule has 0 N–H and O–H groups in total. The van der Waals surface area contributed by atoms with Crippen molar-refractivity contribution in [3.8, 4) is 11.6 Å². The van der Waals surface area contributed by atoms with Gasteiger partial charge in [-0.15, -0.1) is 0 Å². The Morgan fingerprint density at radius 1 is 1.17 bits per heavy atom. The van der Waals surface area contributed by atoms with Crippen LogP contribution >= 0.6 is 24.0 Å². The van der Waals surface area contributed by atoms with E-state index < -0.39 is 5.82 Å². The average molecular weight is 512 g/mol. The van der Waals surface area contributed by atoms with Gasteiger partial charge in [0.25, 0.3) is 11.5 Å². The van der Waals surface area contributed by atoms with Crippen LogP contribution in [0.5, 0.6) is 11.6 Å². The average Bonchev–Trinajstić information content (AvgIpc) is 3.12. The number of carbonyl (C=O) groups is 1. The Labute approximate surface area is 212 Å². The minimum atomic E-state index is -0.405. The topological polar surface area (TPSA) is 63.9 Å². The number of rotatable bonds is 9. The number of ether oxygens (including phenoxy) is 1. The van der Waals surface area contributed by atoms with Crippen molar-refractivity contribution >= 4 is 45.9 Å². The highest BCUT2D eigenvalue weighted by Gasteiger charge is 2.34. The highest BCUT2D eigenvalue weighted by molar-refractivity contribution is 8.26. The van der Waals surface area contributed by atoms with Crippen LogP contribution in [0.3, 0.4) is 0 Å². The Morgan fingerprint density at radius 2 is 1.94 bits per heavy atom. The standard InChI is InChI=1S/C26H26FN3O3S2/c1-3-5-8-17(4-2)16-30-25(32)21(35-26(30)34)15-20-23(33-19-12-10-18(27)11-13-19)28-22-9-6-7-14-29(22)24(20)31/h6-7,9-15,17H,3-5,8,16H2,1-2H3/b21-15+. The number of hydrogen-bond donors (Lipinski definition) is 0. The molecule has 3 heterocycles. The van der Waals surface area contributed by atoms with Gasteiger partial charge in [0, 0.05) is 12.7 Å². The second-order valence-corrected chi connectivity index (χ2v) is 10.0. The monoisotopic (exact) mass is 511 g/mol. The zero-order valence-electron chi connectivity index (χ0n) is 19.6. The summed E-state index contributed by atoms with van der Waals surface area (Å²) in [7, 11) is 0. The molecule has 1 aromatic carbocycles. The van der Waals surface area contributed by atoms with E-state index >= 15 is 0 Å². The number of unbranched alkanes of at least 4 members (excludes halogenated alkanes) is 1. The molecule has 1 aliphatic heterocycles. The first-order valence-electron chi connectivity index (χ1n) is 11.6. The van der Waals surface area contributed by atoms with Gasteiger partial charge in [-0.2, -0.15) is 4.98 Å². The summed E-state index contributed by atoms with van der Waals surface area (Å²) < 4.78 is 21.1. The minimum Gasteiger partial charge on any atom is -0.438 e. The maximum Gasteiger partial charge on any atom is 0.269 e. The fourth-order valence-electron chi connectivity index (χ4n) is 3.86. The molecule has 1 fully saturated rings. The summed E-state index contributed by atoms with van der Waals surface area (Å²) in [6, 6.07) is 10.6. The number of thioether (sulfide) groups is 1. The molecule has 0 bridgehead atoms. The number of nitrogens with zero attached hydrogens (tertiary/aromatic N) is 3. The molecule has 2 aromatic heterocycles. The van der Waals surface area contributed by atoms with Gasteiger partial charge in [-0.1, -0.05) is 63.2 Å². The molecule has 1 unspecified atom stereocenters. The highest BCUT2D eigenvalue weighted by Crippen LogP contribution is 2.35. The number of thiocarbonyl (C=S) groups is 1. The Morgan fingerprint density at radius 3 is 2.66 bits per heavy atom. The summed E-state index contributed by atoms with van der Waals surface area (Å²) in [4.78, 5) is 33.1. The molecule has 35 heavy (non-hydrogen) atoms. The van der Waals surface area contributed by atoms with Crippen LogP contribution in [0, 0.1) is 11.7 Å². The normalized spacial score (nSPS) is 15.9. The van der Waals surface area contributed by atoms with Crippen LogP contribution in [0.25, 0.3) is 11.7 Å². The number of pyridine rings is 1. The van der Waals surface area contributed by atoms with Crippen molar-refractivity contribution in [1.82, 2.24) is 14.3 Å². The van der Waals surface area contributed by atoms with E-state index in [1.807, 2.05) is 0 Å². The van der Waals surface area contributed by atoms with Gasteiger partial charge in [0.2, 0.25) is 5.88 Å². The first-order valence-corrected chi connectivity index (χ1v) is 12.8. The Kier molecular flexibility index (Phi) is 7.97. The van der Waals surface area contributed by atoms with Crippen LogP contribution in [0.4, 0.5) is 4.39 Å². The van der Waals surface area contributed by atoms with Crippen LogP contribution < -0.4 is 10.3 Å². The van der Waals surface area contributed by atoms with Crippen molar-refractivity contribution in [2.24, 2.45) is 5.92 Å². The molecule has 1 aliphatic rings. The van der Waals surface area contributed by atoms with E-state index in [0.717, 1.165) is 25.7 Å². The predicted octanol–water partition coefficient (Wildman–Crippen LogP) is 6.04. The van der Waals surface area contributed by atoms with Crippen molar-refractivity contribution < 1.29 is 13.9 Å². The maximum atomic E-state index is 13.4. The van der Waals surface area contributed by atoms with E-state index in [0.29, 0.717) is 33.1 Å². The molecule has 6 nitrogen and oxygen atoms in total. The van der Waals surface area contributed by atoms with Gasteiger partial charge in [-0.05, 0) is 54.8 Å². The van der Waals surface area contributed by atoms with Gasteiger partial charge >= 0.3 is 0 Å². The van der Waals surface area contributed by atoms with E-state index in [1.165, 1.54) is 46.5 Å². The van der Waals surface area contributed by atoms with E-state index in [-0.39, 0.29) is 22.9 Å². The zero-order chi connectivity index (χ0) is 24.9. The molecule has 0 spiro atoms. The number of amides is 1. The fourth-order valence-corrected chi connectivity index (χ4v) is 5.12. The van der Waals surface area contributed by atoms with Crippen LogP contribution in [-0.4, -0.2) is 31.1 Å². The number of aromatic nitrogens is 2. The molecule has 0 aliphatic carbocycles. The summed E-state index contributed by atoms with van der Waals surface area (Å²) >= 11 is 6.68. The Bertz CT molecular complexity index is 1340. The molecular formula is C26H26FN3O3S2. The van der Waals surface area contributed by atoms with Crippen LogP contribution in [0.15, 0.2) is 58.4 Å². The van der Waals surface area contributed by atoms with Gasteiger partial charge in [0.05, 0.1) is 4.91 Å². The second kappa shape index (κ2) is 11.1. The lowest BCUT2D eigenvalue weighted by Crippen LogP contribution is -2.33.